The predicted octanol–water partition coefficient (Wildman–Crippen LogP) is 14.1. The highest BCUT2D eigenvalue weighted by molar-refractivity contribution is 7.47. The number of hydrogen-bond donors (Lipinski definition) is 3. The first kappa shape index (κ1) is 59.5. The van der Waals surface area contributed by atoms with Crippen molar-refractivity contribution in [3.8, 4) is 0 Å². The molecule has 0 rings (SSSR count). The van der Waals surface area contributed by atoms with Gasteiger partial charge >= 0.3 is 19.8 Å². The maximum Gasteiger partial charge on any atom is 0.472 e. The minimum absolute atomic E-state index is 0.185. The van der Waals surface area contributed by atoms with Crippen molar-refractivity contribution in [2.75, 3.05) is 26.4 Å². The highest BCUT2D eigenvalue weighted by Gasteiger charge is 2.27. The first-order chi connectivity index (χ1) is 29.7. The summed E-state index contributed by atoms with van der Waals surface area (Å²) in [5.74, 6) is -0.920. The molecule has 0 aliphatic carbocycles. The number of ether oxygens (including phenoxy) is 2. The normalized spacial score (nSPS) is 13.9. The summed E-state index contributed by atoms with van der Waals surface area (Å²) in [5, 5.41) is 18.4. The fourth-order valence-corrected chi connectivity index (χ4v) is 7.95. The van der Waals surface area contributed by atoms with Crippen LogP contribution in [0.2, 0.25) is 0 Å². The smallest absolute Gasteiger partial charge is 0.462 e. The van der Waals surface area contributed by atoms with E-state index in [0.717, 1.165) is 44.9 Å². The molecule has 0 amide bonds. The molecule has 61 heavy (non-hydrogen) atoms. The summed E-state index contributed by atoms with van der Waals surface area (Å²) in [6.07, 6.45) is 48.5. The highest BCUT2D eigenvalue weighted by Crippen LogP contribution is 2.43. The maximum absolute atomic E-state index is 12.7. The molecule has 1 unspecified atom stereocenters. The number of unbranched alkanes of at least 4 members (excludes halogenated alkanes) is 30. The molecular formula is C50H95O10P. The van der Waals surface area contributed by atoms with Crippen molar-refractivity contribution in [3.05, 3.63) is 24.3 Å². The Morgan fingerprint density at radius 3 is 1.18 bits per heavy atom. The molecule has 0 radical (unpaired) electrons. The first-order valence-corrected chi connectivity index (χ1v) is 26.8. The van der Waals surface area contributed by atoms with Crippen LogP contribution in [0.15, 0.2) is 24.3 Å². The van der Waals surface area contributed by atoms with Crippen LogP contribution in [-0.4, -0.2) is 65.7 Å². The van der Waals surface area contributed by atoms with E-state index in [1.807, 2.05) is 0 Å². The lowest BCUT2D eigenvalue weighted by Gasteiger charge is -2.20. The van der Waals surface area contributed by atoms with Crippen molar-refractivity contribution in [1.29, 1.82) is 0 Å². The van der Waals surface area contributed by atoms with E-state index >= 15 is 0 Å². The molecule has 10 nitrogen and oxygen atoms in total. The number of esters is 2. The van der Waals surface area contributed by atoms with E-state index in [-0.39, 0.29) is 19.4 Å². The molecule has 0 spiro atoms. The summed E-state index contributed by atoms with van der Waals surface area (Å²) in [6.45, 7) is 2.41. The Morgan fingerprint density at radius 2 is 0.803 bits per heavy atom. The van der Waals surface area contributed by atoms with Crippen LogP contribution >= 0.6 is 7.82 Å². The SMILES string of the molecule is CCCCCCCC/C=C/CCCCCCCCCCCCCC(=O)O[C@H](COC(=O)CCCCCCCCC/C=C/CCCCCCCC)COP(=O)(O)OC[C@@H](O)CO. The summed E-state index contributed by atoms with van der Waals surface area (Å²) in [4.78, 5) is 35.1. The topological polar surface area (TPSA) is 149 Å². The second-order valence-corrected chi connectivity index (χ2v) is 18.6. The Kier molecular flexibility index (Phi) is 45.3. The molecule has 3 N–H and O–H groups in total. The second-order valence-electron chi connectivity index (χ2n) is 17.2. The Morgan fingerprint density at radius 1 is 0.475 bits per heavy atom. The number of phosphoric ester groups is 1. The van der Waals surface area contributed by atoms with Crippen LogP contribution in [0, 0.1) is 0 Å². The van der Waals surface area contributed by atoms with Crippen molar-refractivity contribution in [2.24, 2.45) is 0 Å². The van der Waals surface area contributed by atoms with Gasteiger partial charge in [0.2, 0.25) is 0 Å². The lowest BCUT2D eigenvalue weighted by Crippen LogP contribution is -2.29. The summed E-state index contributed by atoms with van der Waals surface area (Å²) in [7, 11) is -4.62. The summed E-state index contributed by atoms with van der Waals surface area (Å²) in [5.41, 5.74) is 0. The van der Waals surface area contributed by atoms with Gasteiger partial charge in [-0.3, -0.25) is 18.6 Å². The third-order valence-electron chi connectivity index (χ3n) is 11.1. The molecule has 0 saturated carbocycles. The molecule has 11 heteroatoms. The van der Waals surface area contributed by atoms with Gasteiger partial charge in [0.1, 0.15) is 12.7 Å². The summed E-state index contributed by atoms with van der Waals surface area (Å²) in [6, 6.07) is 0. The van der Waals surface area contributed by atoms with Crippen LogP contribution in [0.1, 0.15) is 245 Å². The van der Waals surface area contributed by atoms with E-state index < -0.39 is 51.8 Å². The fraction of sp³-hybridized carbons (Fsp3) is 0.880. The number of rotatable bonds is 48. The van der Waals surface area contributed by atoms with Gasteiger partial charge in [0.15, 0.2) is 6.10 Å². The molecule has 0 fully saturated rings. The van der Waals surface area contributed by atoms with Gasteiger partial charge in [0.05, 0.1) is 19.8 Å². The number of allylic oxidation sites excluding steroid dienone is 4. The first-order valence-electron chi connectivity index (χ1n) is 25.3. The zero-order valence-corrected chi connectivity index (χ0v) is 40.3. The van der Waals surface area contributed by atoms with Gasteiger partial charge in [0, 0.05) is 12.8 Å². The largest absolute Gasteiger partial charge is 0.472 e. The molecule has 0 aromatic carbocycles. The van der Waals surface area contributed by atoms with Crippen LogP contribution in [0.4, 0.5) is 0 Å². The number of aliphatic hydroxyl groups excluding tert-OH is 2. The van der Waals surface area contributed by atoms with Gasteiger partial charge in [-0.2, -0.15) is 0 Å². The van der Waals surface area contributed by atoms with Crippen LogP contribution in [-0.2, 0) is 32.7 Å². The zero-order valence-electron chi connectivity index (χ0n) is 39.4. The van der Waals surface area contributed by atoms with Gasteiger partial charge in [0.25, 0.3) is 0 Å². The van der Waals surface area contributed by atoms with Gasteiger partial charge in [-0.1, -0.05) is 192 Å². The molecule has 0 heterocycles. The molecule has 0 bridgehead atoms. The van der Waals surface area contributed by atoms with E-state index in [9.17, 15) is 24.2 Å². The molecule has 0 aliphatic rings. The fourth-order valence-electron chi connectivity index (χ4n) is 7.16. The third-order valence-corrected chi connectivity index (χ3v) is 12.0. The van der Waals surface area contributed by atoms with Crippen LogP contribution in [0.25, 0.3) is 0 Å². The lowest BCUT2D eigenvalue weighted by atomic mass is 10.0. The van der Waals surface area contributed by atoms with Gasteiger partial charge in [-0.25, -0.2) is 4.57 Å². The quantitative estimate of drug-likeness (QED) is 0.0233. The van der Waals surface area contributed by atoms with Gasteiger partial charge < -0.3 is 24.6 Å². The Hall–Kier alpha value is -1.55. The van der Waals surface area contributed by atoms with E-state index in [4.69, 9.17) is 23.6 Å². The number of hydrogen-bond acceptors (Lipinski definition) is 9. The number of carbonyl (C=O) groups excluding carboxylic acids is 2. The monoisotopic (exact) mass is 887 g/mol. The molecular weight excluding hydrogens is 792 g/mol. The average Bonchev–Trinajstić information content (AvgIpc) is 3.25. The number of carbonyl (C=O) groups is 2. The minimum atomic E-state index is -4.62. The standard InChI is InChI=1S/C50H95O10P/c1-3-5-7-9-11-13-15-17-19-21-22-23-24-26-28-30-32-34-36-38-40-42-50(54)60-48(46-59-61(55,56)58-44-47(52)43-51)45-57-49(53)41-39-37-35-33-31-29-27-25-20-18-16-14-12-10-8-6-4-2/h17-20,47-48,51-52H,3-16,21-46H2,1-2H3,(H,55,56)/b19-17+,20-18+/t47-,48+/m0/s1. The Bertz CT molecular complexity index is 1070. The van der Waals surface area contributed by atoms with E-state index in [1.165, 1.54) is 161 Å². The highest BCUT2D eigenvalue weighted by atomic mass is 31.2. The number of aliphatic hydroxyl groups is 2. The van der Waals surface area contributed by atoms with Crippen LogP contribution < -0.4 is 0 Å². The second kappa shape index (κ2) is 46.4. The van der Waals surface area contributed by atoms with Crippen LogP contribution in [0.5, 0.6) is 0 Å². The van der Waals surface area contributed by atoms with E-state index in [0.29, 0.717) is 12.8 Å². The molecule has 3 atom stereocenters. The van der Waals surface area contributed by atoms with E-state index in [2.05, 4.69) is 38.2 Å². The Labute approximate surface area is 374 Å². The molecule has 360 valence electrons. The zero-order chi connectivity index (χ0) is 44.8. The van der Waals surface area contributed by atoms with Gasteiger partial charge in [-0.05, 0) is 64.2 Å². The lowest BCUT2D eigenvalue weighted by molar-refractivity contribution is -0.161. The average molecular weight is 887 g/mol. The van der Waals surface area contributed by atoms with Crippen molar-refractivity contribution in [3.63, 3.8) is 0 Å². The predicted molar refractivity (Wildman–Crippen MR) is 252 cm³/mol. The van der Waals surface area contributed by atoms with Crippen molar-refractivity contribution < 1.29 is 47.8 Å². The molecule has 0 aromatic heterocycles. The summed E-state index contributed by atoms with van der Waals surface area (Å²) < 4.78 is 32.9. The molecule has 0 aromatic rings. The number of phosphoric acid groups is 1. The van der Waals surface area contributed by atoms with E-state index in [1.54, 1.807) is 0 Å². The van der Waals surface area contributed by atoms with Crippen molar-refractivity contribution in [2.45, 2.75) is 257 Å². The third kappa shape index (κ3) is 46.3. The van der Waals surface area contributed by atoms with Crippen molar-refractivity contribution in [1.82, 2.24) is 0 Å². The minimum Gasteiger partial charge on any atom is -0.462 e. The molecule has 0 aliphatic heterocycles. The van der Waals surface area contributed by atoms with Crippen LogP contribution in [0.3, 0.4) is 0 Å². The Balaban J connectivity index is 4.17. The summed E-state index contributed by atoms with van der Waals surface area (Å²) >= 11 is 0. The van der Waals surface area contributed by atoms with Crippen molar-refractivity contribution >= 4 is 19.8 Å². The van der Waals surface area contributed by atoms with Gasteiger partial charge in [-0.15, -0.1) is 0 Å². The maximum atomic E-state index is 12.7. The molecule has 0 saturated heterocycles.